The minimum absolute atomic E-state index is 0.307. The number of rotatable bonds is 6. The molecule has 0 aliphatic heterocycles. The average molecular weight is 212 g/mol. The third-order valence-electron chi connectivity index (χ3n) is 1.67. The van der Waals surface area contributed by atoms with Gasteiger partial charge in [-0.3, -0.25) is 9.59 Å². The van der Waals surface area contributed by atoms with E-state index >= 15 is 0 Å². The standard InChI is InChI=1S/C11H16O4/c1-4-11(5-7-14-9(2)12)6-8-15-10(3)13/h1,5-8H2,2-3H3. The van der Waals surface area contributed by atoms with Crippen LogP contribution >= 0.6 is 0 Å². The van der Waals surface area contributed by atoms with Crippen molar-refractivity contribution in [3.63, 3.8) is 0 Å². The van der Waals surface area contributed by atoms with Crippen molar-refractivity contribution in [1.82, 2.24) is 0 Å². The Hall–Kier alpha value is -1.54. The molecule has 0 saturated carbocycles. The highest BCUT2D eigenvalue weighted by atomic mass is 16.5. The highest BCUT2D eigenvalue weighted by Gasteiger charge is 2.00. The van der Waals surface area contributed by atoms with Crippen LogP contribution in [0.2, 0.25) is 0 Å². The van der Waals surface area contributed by atoms with Crippen molar-refractivity contribution in [2.24, 2.45) is 0 Å². The van der Waals surface area contributed by atoms with Crippen LogP contribution in [0.5, 0.6) is 0 Å². The van der Waals surface area contributed by atoms with Crippen LogP contribution < -0.4 is 0 Å². The molecule has 0 unspecified atom stereocenters. The zero-order valence-corrected chi connectivity index (χ0v) is 9.17. The number of ether oxygens (including phenoxy) is 2. The minimum Gasteiger partial charge on any atom is -0.466 e. The molecule has 4 heteroatoms. The van der Waals surface area contributed by atoms with Crippen LogP contribution in [0.15, 0.2) is 17.9 Å². The summed E-state index contributed by atoms with van der Waals surface area (Å²) in [4.78, 5) is 21.0. The first kappa shape index (κ1) is 13.5. The lowest BCUT2D eigenvalue weighted by atomic mass is 10.1. The number of hydrogen-bond donors (Lipinski definition) is 0. The molecule has 0 aliphatic rings. The Balaban J connectivity index is 3.70. The summed E-state index contributed by atoms with van der Waals surface area (Å²) in [6, 6.07) is 0. The third kappa shape index (κ3) is 8.78. The molecular weight excluding hydrogens is 196 g/mol. The van der Waals surface area contributed by atoms with E-state index in [0.717, 1.165) is 5.57 Å². The first-order valence-corrected chi connectivity index (χ1v) is 4.70. The molecule has 0 atom stereocenters. The molecule has 15 heavy (non-hydrogen) atoms. The predicted molar refractivity (Wildman–Crippen MR) is 55.2 cm³/mol. The van der Waals surface area contributed by atoms with Gasteiger partial charge in [0, 0.05) is 26.7 Å². The van der Waals surface area contributed by atoms with Crippen molar-refractivity contribution >= 4 is 11.9 Å². The Morgan fingerprint density at radius 3 is 1.73 bits per heavy atom. The highest BCUT2D eigenvalue weighted by Crippen LogP contribution is 2.05. The molecule has 84 valence electrons. The predicted octanol–water partition coefficient (Wildman–Crippen LogP) is 1.60. The summed E-state index contributed by atoms with van der Waals surface area (Å²) in [7, 11) is 0. The lowest BCUT2D eigenvalue weighted by Gasteiger charge is -2.05. The van der Waals surface area contributed by atoms with Gasteiger partial charge in [0.1, 0.15) is 0 Å². The van der Waals surface area contributed by atoms with Gasteiger partial charge in [0.15, 0.2) is 0 Å². The summed E-state index contributed by atoms with van der Waals surface area (Å²) in [6.45, 7) is 6.85. The van der Waals surface area contributed by atoms with Crippen LogP contribution in [0, 0.1) is 0 Å². The van der Waals surface area contributed by atoms with Gasteiger partial charge in [-0.1, -0.05) is 6.58 Å². The van der Waals surface area contributed by atoms with Crippen molar-refractivity contribution in [3.05, 3.63) is 17.9 Å². The maximum absolute atomic E-state index is 10.5. The lowest BCUT2D eigenvalue weighted by molar-refractivity contribution is -0.141. The maximum Gasteiger partial charge on any atom is 0.302 e. The van der Waals surface area contributed by atoms with Gasteiger partial charge in [0.25, 0.3) is 0 Å². The third-order valence-corrected chi connectivity index (χ3v) is 1.67. The second-order valence-electron chi connectivity index (χ2n) is 2.96. The zero-order chi connectivity index (χ0) is 11.7. The van der Waals surface area contributed by atoms with E-state index in [1.165, 1.54) is 13.8 Å². The lowest BCUT2D eigenvalue weighted by Crippen LogP contribution is -2.04. The summed E-state index contributed by atoms with van der Waals surface area (Å²) in [5.74, 6) is -0.614. The fourth-order valence-electron chi connectivity index (χ4n) is 0.938. The summed E-state index contributed by atoms with van der Waals surface area (Å²) in [6.07, 6.45) is 1.15. The van der Waals surface area contributed by atoms with Gasteiger partial charge in [0.2, 0.25) is 0 Å². The fourth-order valence-corrected chi connectivity index (χ4v) is 0.938. The first-order chi connectivity index (χ1) is 7.06. The van der Waals surface area contributed by atoms with Crippen LogP contribution in [0.1, 0.15) is 26.7 Å². The van der Waals surface area contributed by atoms with Crippen molar-refractivity contribution in [2.45, 2.75) is 26.7 Å². The summed E-state index contributed by atoms with van der Waals surface area (Å²) in [5.41, 5.74) is 3.62. The smallest absolute Gasteiger partial charge is 0.302 e. The van der Waals surface area contributed by atoms with Gasteiger partial charge in [-0.15, -0.1) is 5.73 Å². The normalized spacial score (nSPS) is 8.93. The van der Waals surface area contributed by atoms with E-state index < -0.39 is 0 Å². The molecule has 0 amide bonds. The van der Waals surface area contributed by atoms with Crippen molar-refractivity contribution in [2.75, 3.05) is 13.2 Å². The van der Waals surface area contributed by atoms with Crippen LogP contribution in [-0.4, -0.2) is 25.2 Å². The number of carbonyl (C=O) groups is 2. The van der Waals surface area contributed by atoms with Crippen LogP contribution in [-0.2, 0) is 19.1 Å². The number of hydrogen-bond acceptors (Lipinski definition) is 4. The molecule has 0 rings (SSSR count). The Morgan fingerprint density at radius 1 is 1.07 bits per heavy atom. The molecule has 0 heterocycles. The summed E-state index contributed by atoms with van der Waals surface area (Å²) >= 11 is 0. The summed E-state index contributed by atoms with van der Waals surface area (Å²) < 4.78 is 9.53. The largest absolute Gasteiger partial charge is 0.466 e. The van der Waals surface area contributed by atoms with Crippen molar-refractivity contribution in [3.8, 4) is 0 Å². The van der Waals surface area contributed by atoms with E-state index in [9.17, 15) is 9.59 Å². The Morgan fingerprint density at radius 2 is 1.47 bits per heavy atom. The van der Waals surface area contributed by atoms with E-state index in [4.69, 9.17) is 9.47 Å². The highest BCUT2D eigenvalue weighted by molar-refractivity contribution is 5.66. The van der Waals surface area contributed by atoms with Crippen LogP contribution in [0.4, 0.5) is 0 Å². The molecule has 0 fully saturated rings. The molecule has 0 aromatic carbocycles. The fraction of sp³-hybridized carbons (Fsp3) is 0.545. The van der Waals surface area contributed by atoms with Crippen LogP contribution in [0.25, 0.3) is 0 Å². The molecule has 0 bridgehead atoms. The number of carbonyl (C=O) groups excluding carboxylic acids is 2. The van der Waals surface area contributed by atoms with Gasteiger partial charge in [-0.2, -0.15) is 0 Å². The first-order valence-electron chi connectivity index (χ1n) is 4.70. The molecule has 0 saturated heterocycles. The average Bonchev–Trinajstić information content (AvgIpc) is 2.14. The van der Waals surface area contributed by atoms with Gasteiger partial charge >= 0.3 is 11.9 Å². The van der Waals surface area contributed by atoms with Crippen molar-refractivity contribution in [1.29, 1.82) is 0 Å². The van der Waals surface area contributed by atoms with E-state index in [0.29, 0.717) is 26.1 Å². The second kappa shape index (κ2) is 7.83. The minimum atomic E-state index is -0.307. The van der Waals surface area contributed by atoms with Crippen LogP contribution in [0.3, 0.4) is 0 Å². The summed E-state index contributed by atoms with van der Waals surface area (Å²) in [5, 5.41) is 0. The zero-order valence-electron chi connectivity index (χ0n) is 9.17. The van der Waals surface area contributed by atoms with E-state index in [1.54, 1.807) is 0 Å². The topological polar surface area (TPSA) is 52.6 Å². The molecule has 0 aromatic rings. The molecule has 0 aliphatic carbocycles. The SMILES string of the molecule is C=C=C(CCOC(C)=O)CCOC(C)=O. The van der Waals surface area contributed by atoms with Gasteiger partial charge < -0.3 is 9.47 Å². The van der Waals surface area contributed by atoms with E-state index in [2.05, 4.69) is 12.3 Å². The molecule has 0 radical (unpaired) electrons. The number of esters is 2. The Labute approximate surface area is 89.6 Å². The monoisotopic (exact) mass is 212 g/mol. The van der Waals surface area contributed by atoms with E-state index in [-0.39, 0.29) is 11.9 Å². The Kier molecular flexibility index (Phi) is 7.02. The molecule has 0 spiro atoms. The van der Waals surface area contributed by atoms with Crippen molar-refractivity contribution < 1.29 is 19.1 Å². The van der Waals surface area contributed by atoms with Gasteiger partial charge in [0.05, 0.1) is 13.2 Å². The molecular formula is C11H16O4. The van der Waals surface area contributed by atoms with Gasteiger partial charge in [-0.05, 0) is 5.57 Å². The quantitative estimate of drug-likeness (QED) is 0.495. The molecule has 0 aromatic heterocycles. The Bertz CT molecular complexity index is 252. The van der Waals surface area contributed by atoms with E-state index in [1.807, 2.05) is 0 Å². The second-order valence-corrected chi connectivity index (χ2v) is 2.96. The molecule has 0 N–H and O–H groups in total. The molecule has 4 nitrogen and oxygen atoms in total. The maximum atomic E-state index is 10.5. The van der Waals surface area contributed by atoms with Gasteiger partial charge in [-0.25, -0.2) is 0 Å².